The molecule has 0 aliphatic carbocycles. The van der Waals surface area contributed by atoms with Crippen molar-refractivity contribution in [2.75, 3.05) is 57.0 Å². The number of hydrogen-bond acceptors (Lipinski definition) is 4. The van der Waals surface area contributed by atoms with Gasteiger partial charge in [-0.1, -0.05) is 6.07 Å². The van der Waals surface area contributed by atoms with Gasteiger partial charge in [-0.2, -0.15) is 0 Å². The van der Waals surface area contributed by atoms with Crippen molar-refractivity contribution in [2.45, 2.75) is 6.92 Å². The number of halogens is 2. The van der Waals surface area contributed by atoms with Crippen molar-refractivity contribution in [2.24, 2.45) is 0 Å². The van der Waals surface area contributed by atoms with Crippen LogP contribution in [0.1, 0.15) is 16.1 Å². The number of likely N-dealkylation sites (N-methyl/N-ethyl adjacent to an activating group) is 1. The fourth-order valence-corrected chi connectivity index (χ4v) is 4.06. The molecule has 2 aromatic carbocycles. The molecule has 1 saturated heterocycles. The zero-order chi connectivity index (χ0) is 23.7. The fourth-order valence-electron chi connectivity index (χ4n) is 4.06. The number of H-pyrrole nitrogens is 1. The van der Waals surface area contributed by atoms with Crippen LogP contribution in [-0.4, -0.2) is 73.4 Å². The van der Waals surface area contributed by atoms with Crippen molar-refractivity contribution in [3.05, 3.63) is 59.3 Å². The first-order valence-electron chi connectivity index (χ1n) is 10.8. The molecule has 1 aliphatic rings. The summed E-state index contributed by atoms with van der Waals surface area (Å²) in [5.74, 6) is -1.31. The minimum Gasteiger partial charge on any atom is -0.368 e. The van der Waals surface area contributed by atoms with Crippen molar-refractivity contribution in [3.8, 4) is 0 Å². The smallest absolute Gasteiger partial charge is 0.272 e. The molecule has 0 saturated carbocycles. The maximum atomic E-state index is 14.4. The lowest BCUT2D eigenvalue weighted by atomic mass is 10.1. The molecular weight excluding hydrogens is 428 g/mol. The molecule has 1 aliphatic heterocycles. The Balaban J connectivity index is 1.47. The van der Waals surface area contributed by atoms with E-state index in [0.29, 0.717) is 55.0 Å². The van der Waals surface area contributed by atoms with Crippen molar-refractivity contribution in [3.63, 3.8) is 0 Å². The summed E-state index contributed by atoms with van der Waals surface area (Å²) < 4.78 is 28.4. The number of benzene rings is 2. The fraction of sp³-hybridized carbons (Fsp3) is 0.333. The number of nitrogens with one attached hydrogen (secondary N) is 2. The van der Waals surface area contributed by atoms with Crippen LogP contribution in [0.3, 0.4) is 0 Å². The van der Waals surface area contributed by atoms with Gasteiger partial charge in [0, 0.05) is 42.9 Å². The number of carbonyl (C=O) groups is 2. The highest BCUT2D eigenvalue weighted by Gasteiger charge is 2.22. The predicted octanol–water partition coefficient (Wildman–Crippen LogP) is 3.22. The molecule has 7 nitrogen and oxygen atoms in total. The van der Waals surface area contributed by atoms with Crippen LogP contribution in [0.4, 0.5) is 20.2 Å². The van der Waals surface area contributed by atoms with Gasteiger partial charge in [0.15, 0.2) is 0 Å². The minimum atomic E-state index is -0.486. The quantitative estimate of drug-likeness (QED) is 0.620. The van der Waals surface area contributed by atoms with Gasteiger partial charge >= 0.3 is 0 Å². The monoisotopic (exact) mass is 455 g/mol. The SMILES string of the molecule is Cc1ccc(F)c2cc(C(=O)Nc3cc(F)cc(N4CCN(C(=O)CN(C)C)CC4)c3)[nH]c12. The highest BCUT2D eigenvalue weighted by Crippen LogP contribution is 2.25. The molecule has 0 bridgehead atoms. The van der Waals surface area contributed by atoms with Crippen LogP contribution < -0.4 is 10.2 Å². The summed E-state index contributed by atoms with van der Waals surface area (Å²) in [6.45, 7) is 4.41. The van der Waals surface area contributed by atoms with E-state index in [0.717, 1.165) is 5.56 Å². The van der Waals surface area contributed by atoms with Crippen molar-refractivity contribution < 1.29 is 18.4 Å². The third kappa shape index (κ3) is 4.98. The number of aryl methyl sites for hydroxylation is 1. The van der Waals surface area contributed by atoms with Crippen LogP contribution in [0.2, 0.25) is 0 Å². The number of rotatable bonds is 5. The number of nitrogens with zero attached hydrogens (tertiary/aromatic N) is 3. The van der Waals surface area contributed by atoms with Gasteiger partial charge < -0.3 is 25.0 Å². The minimum absolute atomic E-state index is 0.0665. The van der Waals surface area contributed by atoms with Crippen LogP contribution in [0.5, 0.6) is 0 Å². The Morgan fingerprint density at radius 3 is 2.45 bits per heavy atom. The van der Waals surface area contributed by atoms with E-state index in [1.54, 1.807) is 17.0 Å². The van der Waals surface area contributed by atoms with Gasteiger partial charge in [0.2, 0.25) is 5.91 Å². The molecule has 33 heavy (non-hydrogen) atoms. The van der Waals surface area contributed by atoms with E-state index < -0.39 is 17.5 Å². The lowest BCUT2D eigenvalue weighted by Crippen LogP contribution is -2.50. The topological polar surface area (TPSA) is 71.7 Å². The first-order chi connectivity index (χ1) is 15.7. The molecule has 2 heterocycles. The highest BCUT2D eigenvalue weighted by atomic mass is 19.1. The Hall–Kier alpha value is -3.46. The predicted molar refractivity (Wildman–Crippen MR) is 125 cm³/mol. The molecule has 0 spiro atoms. The largest absolute Gasteiger partial charge is 0.368 e. The average Bonchev–Trinajstić information content (AvgIpc) is 3.23. The van der Waals surface area contributed by atoms with Crippen LogP contribution in [-0.2, 0) is 4.79 Å². The summed E-state index contributed by atoms with van der Waals surface area (Å²) in [5, 5.41) is 3.03. The number of anilines is 2. The molecule has 1 fully saturated rings. The Labute approximate surface area is 191 Å². The number of fused-ring (bicyclic) bond motifs is 1. The van der Waals surface area contributed by atoms with Crippen LogP contribution >= 0.6 is 0 Å². The summed E-state index contributed by atoms with van der Waals surface area (Å²) in [7, 11) is 3.70. The first kappa shape index (κ1) is 22.7. The lowest BCUT2D eigenvalue weighted by Gasteiger charge is -2.36. The van der Waals surface area contributed by atoms with E-state index in [-0.39, 0.29) is 11.6 Å². The van der Waals surface area contributed by atoms with Gasteiger partial charge in [-0.3, -0.25) is 9.59 Å². The summed E-state index contributed by atoms with van der Waals surface area (Å²) in [6, 6.07) is 8.81. The molecule has 0 radical (unpaired) electrons. The second-order valence-corrected chi connectivity index (χ2v) is 8.59. The van der Waals surface area contributed by atoms with Gasteiger partial charge in [-0.25, -0.2) is 8.78 Å². The third-order valence-electron chi connectivity index (χ3n) is 5.78. The Morgan fingerprint density at radius 2 is 1.79 bits per heavy atom. The molecule has 1 aromatic heterocycles. The van der Waals surface area contributed by atoms with E-state index in [9.17, 15) is 18.4 Å². The Morgan fingerprint density at radius 1 is 1.06 bits per heavy atom. The Bertz CT molecular complexity index is 1160. The molecule has 4 rings (SSSR count). The van der Waals surface area contributed by atoms with Gasteiger partial charge in [0.1, 0.15) is 17.3 Å². The second kappa shape index (κ2) is 9.19. The molecule has 174 valence electrons. The third-order valence-corrected chi connectivity index (χ3v) is 5.78. The molecular formula is C24H27F2N5O2. The summed E-state index contributed by atoms with van der Waals surface area (Å²) in [5.41, 5.74) is 2.50. The standard InChI is InChI=1S/C24H27F2N5O2/c1-15-4-5-20(26)19-13-21(28-23(15)19)24(33)27-17-10-16(25)11-18(12-17)30-6-8-31(9-7-30)22(32)14-29(2)3/h4-5,10-13,28H,6-9,14H2,1-3H3,(H,27,33). The Kier molecular flexibility index (Phi) is 6.33. The normalized spacial score (nSPS) is 14.2. The molecule has 0 unspecified atom stereocenters. The summed E-state index contributed by atoms with van der Waals surface area (Å²) >= 11 is 0. The molecule has 2 N–H and O–H groups in total. The van der Waals surface area contributed by atoms with Crippen LogP contribution in [0, 0.1) is 18.6 Å². The number of amides is 2. The zero-order valence-electron chi connectivity index (χ0n) is 18.9. The molecule has 2 amide bonds. The maximum absolute atomic E-state index is 14.4. The van der Waals surface area contributed by atoms with E-state index in [1.807, 2.05) is 30.8 Å². The summed E-state index contributed by atoms with van der Waals surface area (Å²) in [6.07, 6.45) is 0. The first-order valence-corrected chi connectivity index (χ1v) is 10.8. The maximum Gasteiger partial charge on any atom is 0.272 e. The van der Waals surface area contributed by atoms with Crippen molar-refractivity contribution in [1.29, 1.82) is 0 Å². The highest BCUT2D eigenvalue weighted by molar-refractivity contribution is 6.06. The van der Waals surface area contributed by atoms with Gasteiger partial charge in [0.05, 0.1) is 12.1 Å². The van der Waals surface area contributed by atoms with Crippen molar-refractivity contribution in [1.82, 2.24) is 14.8 Å². The van der Waals surface area contributed by atoms with E-state index in [1.165, 1.54) is 24.3 Å². The molecule has 9 heteroatoms. The van der Waals surface area contributed by atoms with Crippen LogP contribution in [0.15, 0.2) is 36.4 Å². The van der Waals surface area contributed by atoms with Gasteiger partial charge in [-0.05, 0) is 56.9 Å². The van der Waals surface area contributed by atoms with Gasteiger partial charge in [-0.15, -0.1) is 0 Å². The number of piperazine rings is 1. The summed E-state index contributed by atoms with van der Waals surface area (Å²) in [4.78, 5) is 33.6. The number of aromatic nitrogens is 1. The number of hydrogen-bond donors (Lipinski definition) is 2. The molecule has 3 aromatic rings. The van der Waals surface area contributed by atoms with E-state index in [2.05, 4.69) is 10.3 Å². The van der Waals surface area contributed by atoms with E-state index >= 15 is 0 Å². The average molecular weight is 456 g/mol. The number of aromatic amines is 1. The lowest BCUT2D eigenvalue weighted by molar-refractivity contribution is -0.132. The van der Waals surface area contributed by atoms with Crippen molar-refractivity contribution >= 4 is 34.1 Å². The number of carbonyl (C=O) groups excluding carboxylic acids is 2. The molecule has 0 atom stereocenters. The van der Waals surface area contributed by atoms with Crippen LogP contribution in [0.25, 0.3) is 10.9 Å². The van der Waals surface area contributed by atoms with Gasteiger partial charge in [0.25, 0.3) is 5.91 Å². The zero-order valence-corrected chi connectivity index (χ0v) is 18.9. The second-order valence-electron chi connectivity index (χ2n) is 8.59. The van der Waals surface area contributed by atoms with E-state index in [4.69, 9.17) is 0 Å².